The largest absolute Gasteiger partial charge is 0.481 e. The Morgan fingerprint density at radius 3 is 2.71 bits per heavy atom. The molecule has 2 N–H and O–H groups in total. The molecule has 0 aliphatic carbocycles. The third kappa shape index (κ3) is 3.74. The van der Waals surface area contributed by atoms with Gasteiger partial charge < -0.3 is 15.3 Å². The first-order chi connectivity index (χ1) is 6.70. The summed E-state index contributed by atoms with van der Waals surface area (Å²) in [7, 11) is 0. The number of rotatable bonds is 3. The lowest BCUT2D eigenvalue weighted by molar-refractivity contribution is -0.140. The van der Waals surface area contributed by atoms with Crippen LogP contribution in [0.2, 0.25) is 0 Å². The molecule has 80 valence electrons. The molecule has 1 fully saturated rings. The highest BCUT2D eigenvalue weighted by molar-refractivity contribution is 5.80. The van der Waals surface area contributed by atoms with Gasteiger partial charge in [-0.1, -0.05) is 0 Å². The van der Waals surface area contributed by atoms with Crippen LogP contribution in [0.15, 0.2) is 0 Å². The van der Waals surface area contributed by atoms with Crippen LogP contribution in [0.1, 0.15) is 19.3 Å². The molecule has 0 radical (unpaired) electrons. The van der Waals surface area contributed by atoms with Crippen molar-refractivity contribution in [2.75, 3.05) is 26.2 Å². The van der Waals surface area contributed by atoms with E-state index < -0.39 is 5.97 Å². The summed E-state index contributed by atoms with van der Waals surface area (Å²) in [5.41, 5.74) is 0. The van der Waals surface area contributed by atoms with Crippen LogP contribution in [0.3, 0.4) is 0 Å². The molecule has 1 aliphatic heterocycles. The van der Waals surface area contributed by atoms with Gasteiger partial charge in [-0.2, -0.15) is 0 Å². The number of carboxylic acids is 1. The Bertz CT molecular complexity index is 210. The summed E-state index contributed by atoms with van der Waals surface area (Å²) in [6.45, 7) is 3.17. The molecule has 1 saturated heterocycles. The fraction of sp³-hybridized carbons (Fsp3) is 0.778. The van der Waals surface area contributed by atoms with E-state index in [-0.39, 0.29) is 18.7 Å². The Kier molecular flexibility index (Phi) is 4.39. The van der Waals surface area contributed by atoms with Crippen molar-refractivity contribution < 1.29 is 14.7 Å². The second kappa shape index (κ2) is 5.59. The molecule has 0 aromatic rings. The van der Waals surface area contributed by atoms with Crippen LogP contribution in [-0.4, -0.2) is 48.1 Å². The molecule has 5 nitrogen and oxygen atoms in total. The van der Waals surface area contributed by atoms with E-state index in [1.165, 1.54) is 0 Å². The van der Waals surface area contributed by atoms with Crippen molar-refractivity contribution >= 4 is 11.9 Å². The second-order valence-corrected chi connectivity index (χ2v) is 3.38. The molecule has 0 aromatic carbocycles. The lowest BCUT2D eigenvalue weighted by Gasteiger charge is -2.19. The predicted molar refractivity (Wildman–Crippen MR) is 50.9 cm³/mol. The zero-order valence-electron chi connectivity index (χ0n) is 8.16. The molecular weight excluding hydrogens is 184 g/mol. The predicted octanol–water partition coefficient (Wildman–Crippen LogP) is -0.327. The van der Waals surface area contributed by atoms with Crippen molar-refractivity contribution in [2.24, 2.45) is 0 Å². The maximum atomic E-state index is 11.5. The molecule has 0 unspecified atom stereocenters. The van der Waals surface area contributed by atoms with Gasteiger partial charge in [0.25, 0.3) is 0 Å². The van der Waals surface area contributed by atoms with Gasteiger partial charge >= 0.3 is 5.97 Å². The van der Waals surface area contributed by atoms with Crippen LogP contribution in [0, 0.1) is 0 Å². The van der Waals surface area contributed by atoms with E-state index in [4.69, 9.17) is 5.11 Å². The normalized spacial score (nSPS) is 17.6. The van der Waals surface area contributed by atoms with Gasteiger partial charge in [0.15, 0.2) is 0 Å². The van der Waals surface area contributed by atoms with E-state index in [2.05, 4.69) is 5.32 Å². The highest BCUT2D eigenvalue weighted by atomic mass is 16.4. The molecule has 0 spiro atoms. The summed E-state index contributed by atoms with van der Waals surface area (Å²) in [5, 5.41) is 11.6. The van der Waals surface area contributed by atoms with Crippen molar-refractivity contribution in [3.05, 3.63) is 0 Å². The molecule has 1 amide bonds. The Hall–Kier alpha value is -1.10. The SMILES string of the molecule is O=C(O)CCC(=O)N1CCCNCC1. The molecule has 1 heterocycles. The third-order valence-corrected chi connectivity index (χ3v) is 2.25. The fourth-order valence-corrected chi connectivity index (χ4v) is 1.47. The average Bonchev–Trinajstić information content (AvgIpc) is 2.42. The standard InChI is InChI=1S/C9H16N2O3/c12-8(2-3-9(13)14)11-6-1-4-10-5-7-11/h10H,1-7H2,(H,13,14). The maximum Gasteiger partial charge on any atom is 0.303 e. The van der Waals surface area contributed by atoms with Crippen molar-refractivity contribution in [3.8, 4) is 0 Å². The quantitative estimate of drug-likeness (QED) is 0.654. The number of nitrogens with zero attached hydrogens (tertiary/aromatic N) is 1. The maximum absolute atomic E-state index is 11.5. The van der Waals surface area contributed by atoms with E-state index in [0.717, 1.165) is 26.1 Å². The second-order valence-electron chi connectivity index (χ2n) is 3.38. The van der Waals surface area contributed by atoms with Crippen LogP contribution in [0.5, 0.6) is 0 Å². The van der Waals surface area contributed by atoms with Gasteiger partial charge in [-0.15, -0.1) is 0 Å². The lowest BCUT2D eigenvalue weighted by atomic mass is 10.2. The molecule has 1 rings (SSSR count). The Balaban J connectivity index is 2.30. The molecular formula is C9H16N2O3. The molecule has 5 heteroatoms. The number of nitrogens with one attached hydrogen (secondary N) is 1. The van der Waals surface area contributed by atoms with Gasteiger partial charge in [0.05, 0.1) is 6.42 Å². The fourth-order valence-electron chi connectivity index (χ4n) is 1.47. The first-order valence-corrected chi connectivity index (χ1v) is 4.90. The number of carboxylic acid groups (broad SMARTS) is 1. The zero-order chi connectivity index (χ0) is 10.4. The average molecular weight is 200 g/mol. The van der Waals surface area contributed by atoms with Gasteiger partial charge in [0.2, 0.25) is 5.91 Å². The summed E-state index contributed by atoms with van der Waals surface area (Å²) in [4.78, 5) is 23.5. The first kappa shape index (κ1) is 11.0. The highest BCUT2D eigenvalue weighted by Gasteiger charge is 2.15. The van der Waals surface area contributed by atoms with Crippen molar-refractivity contribution in [2.45, 2.75) is 19.3 Å². The van der Waals surface area contributed by atoms with Gasteiger partial charge in [-0.3, -0.25) is 9.59 Å². The van der Waals surface area contributed by atoms with Gasteiger partial charge in [-0.05, 0) is 13.0 Å². The molecule has 1 aliphatic rings. The minimum absolute atomic E-state index is 0.0453. The van der Waals surface area contributed by atoms with Gasteiger partial charge in [0.1, 0.15) is 0 Å². The molecule has 0 bridgehead atoms. The Morgan fingerprint density at radius 2 is 2.00 bits per heavy atom. The monoisotopic (exact) mass is 200 g/mol. The number of hydrogen-bond acceptors (Lipinski definition) is 3. The summed E-state index contributed by atoms with van der Waals surface area (Å²) in [6.07, 6.45) is 0.997. The van der Waals surface area contributed by atoms with Crippen LogP contribution in [0.4, 0.5) is 0 Å². The van der Waals surface area contributed by atoms with E-state index >= 15 is 0 Å². The highest BCUT2D eigenvalue weighted by Crippen LogP contribution is 2.01. The van der Waals surface area contributed by atoms with Crippen LogP contribution >= 0.6 is 0 Å². The zero-order valence-corrected chi connectivity index (χ0v) is 8.16. The van der Waals surface area contributed by atoms with Crippen LogP contribution < -0.4 is 5.32 Å². The summed E-state index contributed by atoms with van der Waals surface area (Å²) in [5.74, 6) is -0.956. The van der Waals surface area contributed by atoms with E-state index in [0.29, 0.717) is 6.54 Å². The van der Waals surface area contributed by atoms with Gasteiger partial charge in [0, 0.05) is 26.1 Å². The van der Waals surface area contributed by atoms with Crippen molar-refractivity contribution in [1.82, 2.24) is 10.2 Å². The smallest absolute Gasteiger partial charge is 0.303 e. The molecule has 0 aromatic heterocycles. The van der Waals surface area contributed by atoms with Crippen LogP contribution in [-0.2, 0) is 9.59 Å². The Morgan fingerprint density at radius 1 is 1.21 bits per heavy atom. The molecule has 0 atom stereocenters. The summed E-state index contributed by atoms with van der Waals surface area (Å²) < 4.78 is 0. The minimum atomic E-state index is -0.911. The minimum Gasteiger partial charge on any atom is -0.481 e. The van der Waals surface area contributed by atoms with E-state index in [1.807, 2.05) is 0 Å². The van der Waals surface area contributed by atoms with E-state index in [1.54, 1.807) is 4.90 Å². The topological polar surface area (TPSA) is 69.6 Å². The van der Waals surface area contributed by atoms with Crippen LogP contribution in [0.25, 0.3) is 0 Å². The number of carbonyl (C=O) groups is 2. The van der Waals surface area contributed by atoms with Gasteiger partial charge in [-0.25, -0.2) is 0 Å². The summed E-state index contributed by atoms with van der Waals surface area (Å²) >= 11 is 0. The number of hydrogen-bond donors (Lipinski definition) is 2. The van der Waals surface area contributed by atoms with Crippen molar-refractivity contribution in [3.63, 3.8) is 0 Å². The number of amides is 1. The Labute approximate surface area is 83.1 Å². The molecule has 0 saturated carbocycles. The number of carbonyl (C=O) groups excluding carboxylic acids is 1. The van der Waals surface area contributed by atoms with Crippen molar-refractivity contribution in [1.29, 1.82) is 0 Å². The summed E-state index contributed by atoms with van der Waals surface area (Å²) in [6, 6.07) is 0. The van der Waals surface area contributed by atoms with E-state index in [9.17, 15) is 9.59 Å². The first-order valence-electron chi connectivity index (χ1n) is 4.90. The lowest BCUT2D eigenvalue weighted by Crippen LogP contribution is -2.34. The third-order valence-electron chi connectivity index (χ3n) is 2.25. The molecule has 14 heavy (non-hydrogen) atoms. The number of aliphatic carboxylic acids is 1.